The zero-order valence-electron chi connectivity index (χ0n) is 20.4. The molecule has 0 bridgehead atoms. The maximum absolute atomic E-state index is 13.2. The average Bonchev–Trinajstić information content (AvgIpc) is 3.28. The van der Waals surface area contributed by atoms with E-state index in [0.717, 1.165) is 34.7 Å². The minimum absolute atomic E-state index is 0.000381. The molecule has 0 radical (unpaired) electrons. The molecule has 38 heavy (non-hydrogen) atoms. The van der Waals surface area contributed by atoms with E-state index in [9.17, 15) is 21.6 Å². The number of nitrogens with one attached hydrogen (secondary N) is 1. The van der Waals surface area contributed by atoms with Crippen LogP contribution in [0.25, 0.3) is 5.65 Å². The molecule has 4 heterocycles. The second-order valence-electron chi connectivity index (χ2n) is 9.05. The van der Waals surface area contributed by atoms with E-state index in [-0.39, 0.29) is 23.9 Å². The van der Waals surface area contributed by atoms with Crippen molar-refractivity contribution in [1.82, 2.24) is 23.9 Å². The third-order valence-corrected chi connectivity index (χ3v) is 8.31. The lowest BCUT2D eigenvalue weighted by atomic mass is 9.94. The SMILES string of the molecule is Bc1cnn2c(NCc3cccnc3)cc(C3CCN(S(=O)(=O)c4cccc(OC(F)(F)F)c4)CC3)nc12. The van der Waals surface area contributed by atoms with Gasteiger partial charge in [0.25, 0.3) is 0 Å². The first-order chi connectivity index (χ1) is 18.1. The summed E-state index contributed by atoms with van der Waals surface area (Å²) in [7, 11) is -2.07. The molecule has 5 rings (SSSR count). The lowest BCUT2D eigenvalue weighted by Gasteiger charge is -2.31. The van der Waals surface area contributed by atoms with Gasteiger partial charge < -0.3 is 10.1 Å². The van der Waals surface area contributed by atoms with Crippen LogP contribution in [-0.2, 0) is 16.6 Å². The van der Waals surface area contributed by atoms with Crippen molar-refractivity contribution in [3.8, 4) is 5.75 Å². The van der Waals surface area contributed by atoms with Crippen LogP contribution in [-0.4, -0.2) is 59.6 Å². The Hall–Kier alpha value is -3.65. The number of alkyl halides is 3. The minimum Gasteiger partial charge on any atom is -0.406 e. The van der Waals surface area contributed by atoms with Crippen LogP contribution in [0.2, 0.25) is 0 Å². The van der Waals surface area contributed by atoms with Gasteiger partial charge in [-0.15, -0.1) is 13.2 Å². The Bertz CT molecular complexity index is 1540. The van der Waals surface area contributed by atoms with E-state index in [2.05, 4.69) is 20.1 Å². The first-order valence-electron chi connectivity index (χ1n) is 11.9. The molecule has 1 aliphatic rings. The molecular formula is C24H24BF3N6O3S. The molecule has 0 spiro atoms. The predicted octanol–water partition coefficient (Wildman–Crippen LogP) is 2.46. The van der Waals surface area contributed by atoms with E-state index in [0.29, 0.717) is 25.0 Å². The van der Waals surface area contributed by atoms with Gasteiger partial charge in [-0.1, -0.05) is 12.1 Å². The average molecular weight is 544 g/mol. The molecule has 0 aliphatic carbocycles. The Morgan fingerprint density at radius 1 is 1.11 bits per heavy atom. The summed E-state index contributed by atoms with van der Waals surface area (Å²) in [4.78, 5) is 8.72. The summed E-state index contributed by atoms with van der Waals surface area (Å²) < 4.78 is 71.0. The maximum Gasteiger partial charge on any atom is 0.573 e. The highest BCUT2D eigenvalue weighted by molar-refractivity contribution is 7.89. The van der Waals surface area contributed by atoms with Gasteiger partial charge in [0.1, 0.15) is 19.4 Å². The maximum atomic E-state index is 13.2. The van der Waals surface area contributed by atoms with E-state index in [1.54, 1.807) is 23.1 Å². The highest BCUT2D eigenvalue weighted by atomic mass is 32.2. The van der Waals surface area contributed by atoms with Crippen LogP contribution in [0.3, 0.4) is 0 Å². The van der Waals surface area contributed by atoms with E-state index in [1.807, 2.05) is 26.0 Å². The summed E-state index contributed by atoms with van der Waals surface area (Å²) in [5, 5.41) is 7.83. The fourth-order valence-electron chi connectivity index (χ4n) is 4.49. The van der Waals surface area contributed by atoms with Crippen molar-refractivity contribution in [2.75, 3.05) is 18.4 Å². The van der Waals surface area contributed by atoms with Gasteiger partial charge in [-0.2, -0.15) is 13.9 Å². The Morgan fingerprint density at radius 2 is 1.89 bits per heavy atom. The number of nitrogens with zero attached hydrogens (tertiary/aromatic N) is 5. The number of fused-ring (bicyclic) bond motifs is 1. The number of benzene rings is 1. The second-order valence-corrected chi connectivity index (χ2v) is 11.0. The van der Waals surface area contributed by atoms with Crippen LogP contribution in [0.1, 0.15) is 30.0 Å². The van der Waals surface area contributed by atoms with Crippen molar-refractivity contribution in [1.29, 1.82) is 0 Å². The number of aromatic nitrogens is 4. The lowest BCUT2D eigenvalue weighted by molar-refractivity contribution is -0.274. The molecule has 4 aromatic rings. The van der Waals surface area contributed by atoms with Gasteiger partial charge in [0.15, 0.2) is 5.65 Å². The van der Waals surface area contributed by atoms with Gasteiger partial charge in [0, 0.05) is 62.0 Å². The molecule has 1 N–H and O–H groups in total. The number of anilines is 1. The predicted molar refractivity (Wildman–Crippen MR) is 137 cm³/mol. The molecule has 1 aliphatic heterocycles. The molecular weight excluding hydrogens is 520 g/mol. The summed E-state index contributed by atoms with van der Waals surface area (Å²) in [5.41, 5.74) is 3.46. The highest BCUT2D eigenvalue weighted by Gasteiger charge is 2.34. The number of piperidine rings is 1. The van der Waals surface area contributed by atoms with E-state index in [4.69, 9.17) is 4.98 Å². The topological polar surface area (TPSA) is 102 Å². The van der Waals surface area contributed by atoms with Crippen molar-refractivity contribution in [2.24, 2.45) is 0 Å². The number of halogens is 3. The molecule has 0 saturated carbocycles. The summed E-state index contributed by atoms with van der Waals surface area (Å²) in [5.74, 6) is 0.187. The minimum atomic E-state index is -4.91. The number of hydrogen-bond donors (Lipinski definition) is 1. The van der Waals surface area contributed by atoms with Gasteiger partial charge in [-0.25, -0.2) is 13.4 Å². The fraction of sp³-hybridized carbons (Fsp3) is 0.292. The molecule has 3 aromatic heterocycles. The fourth-order valence-corrected chi connectivity index (χ4v) is 6.00. The van der Waals surface area contributed by atoms with Crippen molar-refractivity contribution in [3.63, 3.8) is 0 Å². The standard InChI is InChI=1S/C24H24BF3N6O3S/c25-20-15-31-34-22(30-14-16-3-2-8-29-13-16)12-21(32-23(20)34)17-6-9-33(10-7-17)38(35,36)19-5-1-4-18(11-19)37-24(26,27)28/h1-5,8,11-13,15,17,30H,6-7,9-10,14,25H2. The number of sulfonamides is 1. The van der Waals surface area contributed by atoms with Crippen LogP contribution in [0.15, 0.2) is 66.0 Å². The normalized spacial score (nSPS) is 15.6. The summed E-state index contributed by atoms with van der Waals surface area (Å²) in [6.07, 6.45) is 1.35. The van der Waals surface area contributed by atoms with E-state index in [1.165, 1.54) is 16.4 Å². The quantitative estimate of drug-likeness (QED) is 0.357. The van der Waals surface area contributed by atoms with Crippen LogP contribution in [0, 0.1) is 0 Å². The monoisotopic (exact) mass is 544 g/mol. The van der Waals surface area contributed by atoms with Gasteiger partial charge in [-0.3, -0.25) is 4.98 Å². The van der Waals surface area contributed by atoms with Crippen molar-refractivity contribution < 1.29 is 26.3 Å². The zero-order chi connectivity index (χ0) is 26.9. The Morgan fingerprint density at radius 3 is 2.61 bits per heavy atom. The molecule has 1 fully saturated rings. The van der Waals surface area contributed by atoms with Gasteiger partial charge in [0.05, 0.1) is 4.90 Å². The number of rotatable bonds is 7. The zero-order valence-corrected chi connectivity index (χ0v) is 21.2. The number of hydrogen-bond acceptors (Lipinski definition) is 7. The van der Waals surface area contributed by atoms with Gasteiger partial charge >= 0.3 is 6.36 Å². The van der Waals surface area contributed by atoms with Crippen LogP contribution in [0.4, 0.5) is 19.0 Å². The molecule has 1 aromatic carbocycles. The largest absolute Gasteiger partial charge is 0.573 e. The van der Waals surface area contributed by atoms with Gasteiger partial charge in [0.2, 0.25) is 10.0 Å². The Kier molecular flexibility index (Phi) is 7.01. The van der Waals surface area contributed by atoms with Crippen molar-refractivity contribution in [2.45, 2.75) is 36.6 Å². The Labute approximate surface area is 218 Å². The van der Waals surface area contributed by atoms with Gasteiger partial charge in [-0.05, 0) is 42.1 Å². The molecule has 14 heteroatoms. The number of ether oxygens (including phenoxy) is 1. The smallest absolute Gasteiger partial charge is 0.406 e. The summed E-state index contributed by atoms with van der Waals surface area (Å²) in [6.45, 7) is 0.959. The molecule has 0 amide bonds. The molecule has 0 unspecified atom stereocenters. The molecule has 0 atom stereocenters. The second kappa shape index (κ2) is 10.3. The third kappa shape index (κ3) is 5.60. The van der Waals surface area contributed by atoms with Crippen molar-refractivity contribution in [3.05, 3.63) is 72.3 Å². The molecule has 1 saturated heterocycles. The lowest BCUT2D eigenvalue weighted by Crippen LogP contribution is -2.38. The van der Waals surface area contributed by atoms with E-state index < -0.39 is 22.1 Å². The highest BCUT2D eigenvalue weighted by Crippen LogP contribution is 2.32. The van der Waals surface area contributed by atoms with E-state index >= 15 is 0 Å². The third-order valence-electron chi connectivity index (χ3n) is 6.41. The van der Waals surface area contributed by atoms with Crippen molar-refractivity contribution >= 4 is 34.8 Å². The molecule has 198 valence electrons. The molecule has 9 nitrogen and oxygen atoms in total. The van der Waals surface area contributed by atoms with Crippen LogP contribution < -0.4 is 15.5 Å². The Balaban J connectivity index is 1.33. The van der Waals surface area contributed by atoms with Crippen LogP contribution in [0.5, 0.6) is 5.75 Å². The summed E-state index contributed by atoms with van der Waals surface area (Å²) >= 11 is 0. The van der Waals surface area contributed by atoms with Crippen LogP contribution >= 0.6 is 0 Å². The number of pyridine rings is 1. The first kappa shape index (κ1) is 26.0. The summed E-state index contributed by atoms with van der Waals surface area (Å²) in [6, 6.07) is 10.2. The first-order valence-corrected chi connectivity index (χ1v) is 13.4.